The van der Waals surface area contributed by atoms with Crippen LogP contribution in [0.5, 0.6) is 0 Å². The lowest BCUT2D eigenvalue weighted by molar-refractivity contribution is 0.447. The van der Waals surface area contributed by atoms with E-state index in [9.17, 15) is 0 Å². The first-order chi connectivity index (χ1) is 14.3. The normalized spacial score (nSPS) is 16.0. The van der Waals surface area contributed by atoms with Crippen LogP contribution in [0, 0.1) is 6.92 Å². The van der Waals surface area contributed by atoms with Crippen molar-refractivity contribution in [3.8, 4) is 11.5 Å². The number of benzene rings is 1. The van der Waals surface area contributed by atoms with Gasteiger partial charge in [0.1, 0.15) is 5.82 Å². The number of rotatable bonds is 5. The smallest absolute Gasteiger partial charge is 0.153 e. The van der Waals surface area contributed by atoms with E-state index in [0.717, 1.165) is 36.6 Å². The summed E-state index contributed by atoms with van der Waals surface area (Å²) < 4.78 is 4.14. The van der Waals surface area contributed by atoms with Gasteiger partial charge in [-0.1, -0.05) is 18.2 Å². The summed E-state index contributed by atoms with van der Waals surface area (Å²) in [4.78, 5) is 9.04. The molecule has 0 saturated carbocycles. The van der Waals surface area contributed by atoms with Gasteiger partial charge in [-0.15, -0.1) is 0 Å². The van der Waals surface area contributed by atoms with Crippen molar-refractivity contribution in [1.29, 1.82) is 0 Å². The van der Waals surface area contributed by atoms with Crippen molar-refractivity contribution in [3.63, 3.8) is 0 Å². The van der Waals surface area contributed by atoms with Crippen molar-refractivity contribution in [3.05, 3.63) is 89.9 Å². The topological polar surface area (TPSA) is 60.6 Å². The van der Waals surface area contributed by atoms with Gasteiger partial charge in [0.05, 0.1) is 18.4 Å². The van der Waals surface area contributed by atoms with Gasteiger partial charge in [0.2, 0.25) is 0 Å². The summed E-state index contributed by atoms with van der Waals surface area (Å²) in [6, 6.07) is 14.7. The van der Waals surface area contributed by atoms with E-state index in [0.29, 0.717) is 6.54 Å². The first-order valence-electron chi connectivity index (χ1n) is 10.1. The molecule has 1 aliphatic carbocycles. The van der Waals surface area contributed by atoms with E-state index in [1.165, 1.54) is 16.8 Å². The second-order valence-electron chi connectivity index (χ2n) is 7.52. The van der Waals surface area contributed by atoms with Crippen LogP contribution < -0.4 is 5.32 Å². The summed E-state index contributed by atoms with van der Waals surface area (Å²) in [6.07, 6.45) is 11.0. The van der Waals surface area contributed by atoms with Crippen molar-refractivity contribution >= 4 is 0 Å². The Kier molecular flexibility index (Phi) is 4.69. The van der Waals surface area contributed by atoms with Gasteiger partial charge in [-0.2, -0.15) is 5.10 Å². The van der Waals surface area contributed by atoms with E-state index in [1.54, 1.807) is 0 Å². The quantitative estimate of drug-likeness (QED) is 0.566. The zero-order valence-electron chi connectivity index (χ0n) is 16.5. The lowest BCUT2D eigenvalue weighted by atomic mass is 9.93. The predicted octanol–water partition coefficient (Wildman–Crippen LogP) is 3.93. The molecular weight excluding hydrogens is 360 g/mol. The molecule has 1 atom stereocenters. The number of aromatic nitrogens is 5. The maximum atomic E-state index is 4.63. The molecule has 5 rings (SSSR count). The summed E-state index contributed by atoms with van der Waals surface area (Å²) in [6.45, 7) is 2.82. The Balaban J connectivity index is 1.37. The molecule has 1 aliphatic rings. The molecule has 1 aromatic carbocycles. The van der Waals surface area contributed by atoms with Crippen molar-refractivity contribution in [2.45, 2.75) is 38.8 Å². The number of pyridine rings is 1. The van der Waals surface area contributed by atoms with E-state index in [1.807, 2.05) is 47.7 Å². The fourth-order valence-corrected chi connectivity index (χ4v) is 4.14. The third-order valence-electron chi connectivity index (χ3n) is 5.55. The molecule has 6 heteroatoms. The third-order valence-corrected chi connectivity index (χ3v) is 5.55. The van der Waals surface area contributed by atoms with Gasteiger partial charge in [-0.25, -0.2) is 14.6 Å². The molecule has 146 valence electrons. The third kappa shape index (κ3) is 3.47. The number of imidazole rings is 1. The minimum Gasteiger partial charge on any atom is -0.303 e. The van der Waals surface area contributed by atoms with Crippen LogP contribution in [-0.2, 0) is 13.0 Å². The van der Waals surface area contributed by atoms with E-state index in [2.05, 4.69) is 56.1 Å². The Morgan fingerprint density at radius 3 is 2.93 bits per heavy atom. The predicted molar refractivity (Wildman–Crippen MR) is 112 cm³/mol. The van der Waals surface area contributed by atoms with Gasteiger partial charge in [0.25, 0.3) is 0 Å². The van der Waals surface area contributed by atoms with Crippen molar-refractivity contribution in [2.24, 2.45) is 0 Å². The van der Waals surface area contributed by atoms with Crippen LogP contribution in [0.2, 0.25) is 0 Å². The maximum absolute atomic E-state index is 4.63. The first kappa shape index (κ1) is 17.8. The number of hydrogen-bond donors (Lipinski definition) is 1. The molecule has 29 heavy (non-hydrogen) atoms. The SMILES string of the molecule is Cc1cccc(-n2ccnc2CN[C@@H]2CCCc3c2cnn3-c2ccccn2)c1. The minimum atomic E-state index is 0.277. The highest BCUT2D eigenvalue weighted by Gasteiger charge is 2.25. The summed E-state index contributed by atoms with van der Waals surface area (Å²) in [5.74, 6) is 1.89. The van der Waals surface area contributed by atoms with Gasteiger partial charge in [0, 0.05) is 35.9 Å². The molecule has 0 bridgehead atoms. The molecule has 0 unspecified atom stereocenters. The second-order valence-corrected chi connectivity index (χ2v) is 7.52. The summed E-state index contributed by atoms with van der Waals surface area (Å²) in [5, 5.41) is 8.34. The van der Waals surface area contributed by atoms with Crippen molar-refractivity contribution in [1.82, 2.24) is 29.6 Å². The van der Waals surface area contributed by atoms with Gasteiger partial charge in [-0.05, 0) is 56.0 Å². The van der Waals surface area contributed by atoms with Crippen LogP contribution >= 0.6 is 0 Å². The van der Waals surface area contributed by atoms with Crippen LogP contribution in [-0.4, -0.2) is 24.3 Å². The molecule has 3 aromatic heterocycles. The van der Waals surface area contributed by atoms with Crippen molar-refractivity contribution in [2.75, 3.05) is 0 Å². The molecule has 0 fully saturated rings. The van der Waals surface area contributed by atoms with Crippen molar-refractivity contribution < 1.29 is 0 Å². The van der Waals surface area contributed by atoms with Crippen LogP contribution in [0.4, 0.5) is 0 Å². The Labute approximate surface area is 170 Å². The minimum absolute atomic E-state index is 0.277. The Bertz CT molecular complexity index is 1110. The number of hydrogen-bond acceptors (Lipinski definition) is 4. The molecule has 1 N–H and O–H groups in total. The molecule has 0 radical (unpaired) electrons. The molecule has 6 nitrogen and oxygen atoms in total. The standard InChI is InChI=1S/C23H24N6/c1-17-6-4-7-18(14-17)28-13-12-25-23(28)16-26-20-8-5-9-21-19(20)15-27-29(21)22-10-2-3-11-24-22/h2-4,6-7,10-15,20,26H,5,8-9,16H2,1H3/t20-/m1/s1. The van der Waals surface area contributed by atoms with Gasteiger partial charge >= 0.3 is 0 Å². The summed E-state index contributed by atoms with van der Waals surface area (Å²) in [5.41, 5.74) is 4.92. The largest absolute Gasteiger partial charge is 0.303 e. The van der Waals surface area contributed by atoms with E-state index in [4.69, 9.17) is 0 Å². The lowest BCUT2D eigenvalue weighted by Crippen LogP contribution is -2.26. The molecule has 0 saturated heterocycles. The first-order valence-corrected chi connectivity index (χ1v) is 10.1. The van der Waals surface area contributed by atoms with E-state index < -0.39 is 0 Å². The Hall–Kier alpha value is -3.25. The van der Waals surface area contributed by atoms with Crippen LogP contribution in [0.25, 0.3) is 11.5 Å². The highest BCUT2D eigenvalue weighted by atomic mass is 15.3. The van der Waals surface area contributed by atoms with Gasteiger partial charge < -0.3 is 9.88 Å². The average molecular weight is 384 g/mol. The number of aryl methyl sites for hydroxylation is 1. The summed E-state index contributed by atoms with van der Waals surface area (Å²) in [7, 11) is 0. The zero-order chi connectivity index (χ0) is 19.6. The fourth-order valence-electron chi connectivity index (χ4n) is 4.14. The van der Waals surface area contributed by atoms with Crippen LogP contribution in [0.3, 0.4) is 0 Å². The van der Waals surface area contributed by atoms with Crippen LogP contribution in [0.15, 0.2) is 67.3 Å². The monoisotopic (exact) mass is 384 g/mol. The summed E-state index contributed by atoms with van der Waals surface area (Å²) >= 11 is 0. The Morgan fingerprint density at radius 1 is 1.10 bits per heavy atom. The molecular formula is C23H24N6. The Morgan fingerprint density at radius 2 is 2.07 bits per heavy atom. The van der Waals surface area contributed by atoms with Gasteiger partial charge in [0.15, 0.2) is 5.82 Å². The maximum Gasteiger partial charge on any atom is 0.153 e. The average Bonchev–Trinajstić information content (AvgIpc) is 3.40. The molecule has 0 spiro atoms. The van der Waals surface area contributed by atoms with E-state index >= 15 is 0 Å². The van der Waals surface area contributed by atoms with E-state index in [-0.39, 0.29) is 6.04 Å². The number of nitrogens with one attached hydrogen (secondary N) is 1. The molecule has 0 amide bonds. The highest BCUT2D eigenvalue weighted by Crippen LogP contribution is 2.31. The fraction of sp³-hybridized carbons (Fsp3) is 0.261. The van der Waals surface area contributed by atoms with Gasteiger partial charge in [-0.3, -0.25) is 0 Å². The zero-order valence-corrected chi connectivity index (χ0v) is 16.5. The molecule has 0 aliphatic heterocycles. The number of fused-ring (bicyclic) bond motifs is 1. The van der Waals surface area contributed by atoms with Crippen LogP contribution in [0.1, 0.15) is 41.5 Å². The lowest BCUT2D eigenvalue weighted by Gasteiger charge is -2.24. The molecule has 4 aromatic rings. The highest BCUT2D eigenvalue weighted by molar-refractivity contribution is 5.37. The molecule has 3 heterocycles. The second kappa shape index (κ2) is 7.64. The number of nitrogens with zero attached hydrogens (tertiary/aromatic N) is 5.